The Bertz CT molecular complexity index is 729. The first-order valence-electron chi connectivity index (χ1n) is 5.76. The third-order valence-corrected chi connectivity index (χ3v) is 3.07. The summed E-state index contributed by atoms with van der Waals surface area (Å²) in [6.07, 6.45) is 0. The molecule has 2 rings (SSSR count). The highest BCUT2D eigenvalue weighted by atomic mass is 35.5. The average Bonchev–Trinajstić information content (AvgIpc) is 2.46. The molecule has 0 aromatic heterocycles. The van der Waals surface area contributed by atoms with Gasteiger partial charge < -0.3 is 5.32 Å². The summed E-state index contributed by atoms with van der Waals surface area (Å²) in [6, 6.07) is 12.8. The van der Waals surface area contributed by atoms with Crippen LogP contribution in [-0.2, 0) is 6.54 Å². The second kappa shape index (κ2) is 6.06. The van der Waals surface area contributed by atoms with Crippen molar-refractivity contribution in [3.8, 4) is 12.1 Å². The molecule has 0 heterocycles. The van der Waals surface area contributed by atoms with Crippen molar-refractivity contribution in [1.82, 2.24) is 0 Å². The van der Waals surface area contributed by atoms with Crippen LogP contribution >= 0.6 is 11.6 Å². The second-order valence-electron chi connectivity index (χ2n) is 4.07. The second-order valence-corrected chi connectivity index (χ2v) is 4.48. The molecule has 1 N–H and O–H groups in total. The normalized spacial score (nSPS) is 9.60. The molecule has 0 unspecified atom stereocenters. The third-order valence-electron chi connectivity index (χ3n) is 2.76. The third kappa shape index (κ3) is 3.06. The smallest absolute Gasteiger partial charge is 0.123 e. The molecular weight excluding hydrogens is 277 g/mol. The maximum absolute atomic E-state index is 13.2. The van der Waals surface area contributed by atoms with Crippen molar-refractivity contribution in [3.05, 3.63) is 63.9 Å². The fourth-order valence-corrected chi connectivity index (χ4v) is 1.98. The number of hydrogen-bond acceptors (Lipinski definition) is 3. The predicted molar refractivity (Wildman–Crippen MR) is 74.6 cm³/mol. The molecule has 0 fully saturated rings. The first-order valence-corrected chi connectivity index (χ1v) is 6.14. The Labute approximate surface area is 120 Å². The van der Waals surface area contributed by atoms with Gasteiger partial charge in [0.05, 0.1) is 34.0 Å². The van der Waals surface area contributed by atoms with Crippen molar-refractivity contribution >= 4 is 17.3 Å². The molecule has 98 valence electrons. The number of halogens is 2. The number of nitriles is 2. The van der Waals surface area contributed by atoms with Crippen molar-refractivity contribution in [2.75, 3.05) is 5.32 Å². The lowest BCUT2D eigenvalue weighted by Gasteiger charge is -2.10. The van der Waals surface area contributed by atoms with Gasteiger partial charge in [0.15, 0.2) is 0 Å². The van der Waals surface area contributed by atoms with Gasteiger partial charge in [0.25, 0.3) is 0 Å². The fraction of sp³-hybridized carbons (Fsp3) is 0.0667. The summed E-state index contributed by atoms with van der Waals surface area (Å²) in [7, 11) is 0. The Balaban J connectivity index is 2.19. The van der Waals surface area contributed by atoms with E-state index >= 15 is 0 Å². The highest BCUT2D eigenvalue weighted by molar-refractivity contribution is 6.33. The van der Waals surface area contributed by atoms with Crippen LogP contribution in [0, 0.1) is 28.5 Å². The quantitative estimate of drug-likeness (QED) is 0.932. The highest BCUT2D eigenvalue weighted by Gasteiger charge is 2.06. The summed E-state index contributed by atoms with van der Waals surface area (Å²) in [5.41, 5.74) is 2.04. The van der Waals surface area contributed by atoms with Crippen LogP contribution in [0.1, 0.15) is 16.7 Å². The zero-order valence-electron chi connectivity index (χ0n) is 10.3. The summed E-state index contributed by atoms with van der Waals surface area (Å²) in [5, 5.41) is 21.1. The number of nitrogens with zero attached hydrogens (tertiary/aromatic N) is 2. The molecule has 0 spiro atoms. The molecule has 2 aromatic carbocycles. The lowest BCUT2D eigenvalue weighted by molar-refractivity contribution is 0.625. The molecule has 0 radical (unpaired) electrons. The van der Waals surface area contributed by atoms with Crippen LogP contribution < -0.4 is 5.32 Å². The lowest BCUT2D eigenvalue weighted by atomic mass is 10.1. The van der Waals surface area contributed by atoms with Gasteiger partial charge in [-0.3, -0.25) is 0 Å². The van der Waals surface area contributed by atoms with Gasteiger partial charge in [-0.2, -0.15) is 10.5 Å². The molecule has 2 aromatic rings. The minimum absolute atomic E-state index is 0.270. The molecule has 0 aliphatic rings. The van der Waals surface area contributed by atoms with E-state index in [9.17, 15) is 4.39 Å². The molecule has 20 heavy (non-hydrogen) atoms. The fourth-order valence-electron chi connectivity index (χ4n) is 1.74. The summed E-state index contributed by atoms with van der Waals surface area (Å²) in [5.74, 6) is -0.397. The molecule has 0 aliphatic carbocycles. The number of hydrogen-bond donors (Lipinski definition) is 1. The minimum atomic E-state index is -0.397. The van der Waals surface area contributed by atoms with Crippen LogP contribution in [0.15, 0.2) is 36.4 Å². The number of nitrogens with one attached hydrogen (secondary N) is 1. The Morgan fingerprint density at radius 2 is 1.90 bits per heavy atom. The molecule has 0 saturated carbocycles. The Morgan fingerprint density at radius 3 is 2.55 bits per heavy atom. The maximum atomic E-state index is 13.2. The van der Waals surface area contributed by atoms with Crippen LogP contribution in [0.2, 0.25) is 5.02 Å². The monoisotopic (exact) mass is 285 g/mol. The van der Waals surface area contributed by atoms with Crippen molar-refractivity contribution in [1.29, 1.82) is 10.5 Å². The molecule has 0 saturated heterocycles. The Kier molecular flexibility index (Phi) is 4.20. The zero-order chi connectivity index (χ0) is 14.5. The van der Waals surface area contributed by atoms with Gasteiger partial charge in [0.2, 0.25) is 0 Å². The van der Waals surface area contributed by atoms with Crippen LogP contribution in [0.3, 0.4) is 0 Å². The van der Waals surface area contributed by atoms with E-state index < -0.39 is 5.82 Å². The van der Waals surface area contributed by atoms with E-state index in [1.807, 2.05) is 12.1 Å². The molecular formula is C15H9ClFN3. The van der Waals surface area contributed by atoms with E-state index in [0.717, 1.165) is 0 Å². The molecule has 0 aliphatic heterocycles. The van der Waals surface area contributed by atoms with Gasteiger partial charge in [-0.05, 0) is 42.0 Å². The predicted octanol–water partition coefficient (Wildman–Crippen LogP) is 3.83. The molecule has 5 heteroatoms. The van der Waals surface area contributed by atoms with E-state index in [1.165, 1.54) is 18.2 Å². The van der Waals surface area contributed by atoms with Gasteiger partial charge in [0.1, 0.15) is 5.82 Å². The molecule has 0 atom stereocenters. The SMILES string of the molecule is N#Cc1ccc(NCc2cc(F)ccc2C#N)c(Cl)c1. The van der Waals surface area contributed by atoms with Crippen molar-refractivity contribution in [3.63, 3.8) is 0 Å². The van der Waals surface area contributed by atoms with Gasteiger partial charge in [-0.15, -0.1) is 0 Å². The standard InChI is InChI=1S/C15H9ClFN3/c16-14-5-10(7-18)1-4-15(14)20-9-12-6-13(17)3-2-11(12)8-19/h1-6,20H,9H2. The zero-order valence-corrected chi connectivity index (χ0v) is 11.1. The lowest BCUT2D eigenvalue weighted by Crippen LogP contribution is -2.03. The highest BCUT2D eigenvalue weighted by Crippen LogP contribution is 2.24. The van der Waals surface area contributed by atoms with Gasteiger partial charge >= 0.3 is 0 Å². The Hall–Kier alpha value is -2.56. The minimum Gasteiger partial charge on any atom is -0.380 e. The topological polar surface area (TPSA) is 59.6 Å². The van der Waals surface area contributed by atoms with Crippen LogP contribution in [0.5, 0.6) is 0 Å². The largest absolute Gasteiger partial charge is 0.380 e. The molecule has 3 nitrogen and oxygen atoms in total. The van der Waals surface area contributed by atoms with E-state index in [2.05, 4.69) is 5.32 Å². The van der Waals surface area contributed by atoms with Crippen molar-refractivity contribution < 1.29 is 4.39 Å². The van der Waals surface area contributed by atoms with E-state index in [0.29, 0.717) is 27.4 Å². The first kappa shape index (κ1) is 13.9. The molecule has 0 amide bonds. The summed E-state index contributed by atoms with van der Waals surface area (Å²) >= 11 is 6.03. The van der Waals surface area contributed by atoms with Gasteiger partial charge in [-0.1, -0.05) is 11.6 Å². The number of benzene rings is 2. The molecule has 0 bridgehead atoms. The first-order chi connectivity index (χ1) is 9.63. The summed E-state index contributed by atoms with van der Waals surface area (Å²) < 4.78 is 13.2. The Morgan fingerprint density at radius 1 is 1.10 bits per heavy atom. The average molecular weight is 286 g/mol. The summed E-state index contributed by atoms with van der Waals surface area (Å²) in [6.45, 7) is 0.270. The van der Waals surface area contributed by atoms with E-state index in [-0.39, 0.29) is 6.54 Å². The van der Waals surface area contributed by atoms with Crippen LogP contribution in [-0.4, -0.2) is 0 Å². The van der Waals surface area contributed by atoms with Gasteiger partial charge in [0, 0.05) is 6.54 Å². The summed E-state index contributed by atoms with van der Waals surface area (Å²) in [4.78, 5) is 0. The van der Waals surface area contributed by atoms with E-state index in [1.54, 1.807) is 18.2 Å². The van der Waals surface area contributed by atoms with Crippen LogP contribution in [0.4, 0.5) is 10.1 Å². The van der Waals surface area contributed by atoms with Crippen molar-refractivity contribution in [2.45, 2.75) is 6.54 Å². The van der Waals surface area contributed by atoms with Crippen molar-refractivity contribution in [2.24, 2.45) is 0 Å². The maximum Gasteiger partial charge on any atom is 0.123 e. The van der Waals surface area contributed by atoms with Gasteiger partial charge in [-0.25, -0.2) is 4.39 Å². The van der Waals surface area contributed by atoms with E-state index in [4.69, 9.17) is 22.1 Å². The van der Waals surface area contributed by atoms with Crippen LogP contribution in [0.25, 0.3) is 0 Å². The number of anilines is 1. The number of rotatable bonds is 3.